The van der Waals surface area contributed by atoms with Crippen LogP contribution in [0.15, 0.2) is 48.8 Å². The molecule has 1 amide bonds. The highest BCUT2D eigenvalue weighted by atomic mass is 35.5. The number of pyridine rings is 1. The van der Waals surface area contributed by atoms with Gasteiger partial charge in [0.2, 0.25) is 0 Å². The van der Waals surface area contributed by atoms with Crippen molar-refractivity contribution in [3.63, 3.8) is 0 Å². The van der Waals surface area contributed by atoms with Crippen molar-refractivity contribution in [3.8, 4) is 5.75 Å². The SMILES string of the molecule is CNCCOc1ccc2ncc(C(=O)Nc3ccccc3Cl)n2c1. The molecule has 7 heteroatoms. The Bertz CT molecular complexity index is 863. The molecule has 2 N–H and O–H groups in total. The monoisotopic (exact) mass is 344 g/mol. The summed E-state index contributed by atoms with van der Waals surface area (Å²) in [6.07, 6.45) is 3.28. The molecule has 0 bridgehead atoms. The van der Waals surface area contributed by atoms with E-state index in [0.717, 1.165) is 6.54 Å². The largest absolute Gasteiger partial charge is 0.491 e. The van der Waals surface area contributed by atoms with E-state index in [0.29, 0.717) is 34.4 Å². The number of rotatable bonds is 6. The topological polar surface area (TPSA) is 67.7 Å². The Morgan fingerprint density at radius 1 is 1.29 bits per heavy atom. The van der Waals surface area contributed by atoms with E-state index in [-0.39, 0.29) is 5.91 Å². The summed E-state index contributed by atoms with van der Waals surface area (Å²) in [4.78, 5) is 16.8. The summed E-state index contributed by atoms with van der Waals surface area (Å²) in [5.41, 5.74) is 1.63. The second-order valence-corrected chi connectivity index (χ2v) is 5.53. The van der Waals surface area contributed by atoms with Crippen LogP contribution >= 0.6 is 11.6 Å². The third kappa shape index (κ3) is 3.50. The average molecular weight is 345 g/mol. The molecule has 3 rings (SSSR count). The number of nitrogens with zero attached hydrogens (tertiary/aromatic N) is 2. The van der Waals surface area contributed by atoms with Crippen molar-refractivity contribution in [3.05, 3.63) is 59.5 Å². The number of nitrogens with one attached hydrogen (secondary N) is 2. The number of imidazole rings is 1. The molecule has 6 nitrogen and oxygen atoms in total. The zero-order valence-corrected chi connectivity index (χ0v) is 13.9. The van der Waals surface area contributed by atoms with Crippen LogP contribution in [0.5, 0.6) is 5.75 Å². The van der Waals surface area contributed by atoms with Crippen LogP contribution in [0.4, 0.5) is 5.69 Å². The fourth-order valence-corrected chi connectivity index (χ4v) is 2.42. The molecule has 0 saturated heterocycles. The van der Waals surface area contributed by atoms with Gasteiger partial charge in [-0.15, -0.1) is 0 Å². The molecule has 0 atom stereocenters. The summed E-state index contributed by atoms with van der Waals surface area (Å²) in [7, 11) is 1.86. The standard InChI is InChI=1S/C17H17ClN4O2/c1-19-8-9-24-12-6-7-16-20-10-15(22(16)11-12)17(23)21-14-5-3-2-4-13(14)18/h2-7,10-11,19H,8-9H2,1H3,(H,21,23). The van der Waals surface area contributed by atoms with Gasteiger partial charge in [-0.2, -0.15) is 0 Å². The van der Waals surface area contributed by atoms with Crippen LogP contribution in [0.2, 0.25) is 5.02 Å². The lowest BCUT2D eigenvalue weighted by Crippen LogP contribution is -2.16. The number of hydrogen-bond donors (Lipinski definition) is 2. The van der Waals surface area contributed by atoms with Gasteiger partial charge in [-0.25, -0.2) is 4.98 Å². The van der Waals surface area contributed by atoms with Crippen molar-refractivity contribution in [2.75, 3.05) is 25.5 Å². The Hall–Kier alpha value is -2.57. The zero-order chi connectivity index (χ0) is 16.9. The number of fused-ring (bicyclic) bond motifs is 1. The molecule has 24 heavy (non-hydrogen) atoms. The molecule has 0 radical (unpaired) electrons. The van der Waals surface area contributed by atoms with Gasteiger partial charge in [0.15, 0.2) is 0 Å². The Morgan fingerprint density at radius 2 is 2.12 bits per heavy atom. The second kappa shape index (κ2) is 7.33. The van der Waals surface area contributed by atoms with Crippen molar-refractivity contribution in [2.24, 2.45) is 0 Å². The van der Waals surface area contributed by atoms with E-state index < -0.39 is 0 Å². The minimum atomic E-state index is -0.289. The highest BCUT2D eigenvalue weighted by molar-refractivity contribution is 6.33. The Kier molecular flexibility index (Phi) is 4.98. The van der Waals surface area contributed by atoms with Gasteiger partial charge in [0.05, 0.1) is 23.1 Å². The maximum Gasteiger partial charge on any atom is 0.274 e. The molecular weight excluding hydrogens is 328 g/mol. The maximum absolute atomic E-state index is 12.5. The molecule has 0 aliphatic carbocycles. The van der Waals surface area contributed by atoms with Crippen LogP contribution in [-0.2, 0) is 0 Å². The van der Waals surface area contributed by atoms with E-state index in [2.05, 4.69) is 15.6 Å². The minimum absolute atomic E-state index is 0.289. The normalized spacial score (nSPS) is 10.8. The van der Waals surface area contributed by atoms with E-state index in [4.69, 9.17) is 16.3 Å². The van der Waals surface area contributed by atoms with Crippen molar-refractivity contribution in [1.82, 2.24) is 14.7 Å². The van der Waals surface area contributed by atoms with Gasteiger partial charge >= 0.3 is 0 Å². The van der Waals surface area contributed by atoms with Gasteiger partial charge in [0.1, 0.15) is 23.7 Å². The number of amides is 1. The first-order chi connectivity index (χ1) is 11.7. The second-order valence-electron chi connectivity index (χ2n) is 5.12. The van der Waals surface area contributed by atoms with Crippen LogP contribution in [0, 0.1) is 0 Å². The van der Waals surface area contributed by atoms with Gasteiger partial charge in [0, 0.05) is 6.54 Å². The van der Waals surface area contributed by atoms with Crippen molar-refractivity contribution < 1.29 is 9.53 Å². The lowest BCUT2D eigenvalue weighted by atomic mass is 10.3. The summed E-state index contributed by atoms with van der Waals surface area (Å²) < 4.78 is 7.33. The van der Waals surface area contributed by atoms with E-state index in [9.17, 15) is 4.79 Å². The molecule has 0 unspecified atom stereocenters. The number of likely N-dealkylation sites (N-methyl/N-ethyl adjacent to an activating group) is 1. The summed E-state index contributed by atoms with van der Waals surface area (Å²) in [6.45, 7) is 1.28. The number of carbonyl (C=O) groups is 1. The van der Waals surface area contributed by atoms with E-state index in [1.54, 1.807) is 34.9 Å². The van der Waals surface area contributed by atoms with Crippen LogP contribution in [0.25, 0.3) is 5.65 Å². The number of para-hydroxylation sites is 1. The molecule has 0 saturated carbocycles. The Balaban J connectivity index is 1.84. The van der Waals surface area contributed by atoms with E-state index >= 15 is 0 Å². The first-order valence-electron chi connectivity index (χ1n) is 7.49. The lowest BCUT2D eigenvalue weighted by molar-refractivity contribution is 0.102. The van der Waals surface area contributed by atoms with Crippen LogP contribution < -0.4 is 15.4 Å². The molecule has 2 heterocycles. The van der Waals surface area contributed by atoms with Crippen LogP contribution in [0.3, 0.4) is 0 Å². The molecule has 0 fully saturated rings. The molecular formula is C17H17ClN4O2. The van der Waals surface area contributed by atoms with Gasteiger partial charge in [-0.1, -0.05) is 23.7 Å². The van der Waals surface area contributed by atoms with Crippen LogP contribution in [0.1, 0.15) is 10.5 Å². The number of hydrogen-bond acceptors (Lipinski definition) is 4. The van der Waals surface area contributed by atoms with Crippen LogP contribution in [-0.4, -0.2) is 35.5 Å². The molecule has 124 valence electrons. The summed E-state index contributed by atoms with van der Waals surface area (Å²) in [5, 5.41) is 6.29. The molecule has 1 aromatic carbocycles. The Morgan fingerprint density at radius 3 is 2.92 bits per heavy atom. The number of carbonyl (C=O) groups excluding carboxylic acids is 1. The molecule has 0 aliphatic heterocycles. The predicted molar refractivity (Wildman–Crippen MR) is 94.0 cm³/mol. The van der Waals surface area contributed by atoms with Gasteiger partial charge in [0.25, 0.3) is 5.91 Å². The number of anilines is 1. The first-order valence-corrected chi connectivity index (χ1v) is 7.87. The van der Waals surface area contributed by atoms with Gasteiger partial charge in [-0.3, -0.25) is 9.20 Å². The smallest absolute Gasteiger partial charge is 0.274 e. The first kappa shape index (κ1) is 16.3. The van der Waals surface area contributed by atoms with E-state index in [1.807, 2.05) is 19.2 Å². The van der Waals surface area contributed by atoms with Crippen molar-refractivity contribution >= 4 is 28.8 Å². The third-order valence-corrected chi connectivity index (χ3v) is 3.78. The van der Waals surface area contributed by atoms with E-state index in [1.165, 1.54) is 6.20 Å². The highest BCUT2D eigenvalue weighted by Gasteiger charge is 2.14. The quantitative estimate of drug-likeness (QED) is 0.675. The fourth-order valence-electron chi connectivity index (χ4n) is 2.23. The summed E-state index contributed by atoms with van der Waals surface area (Å²) >= 11 is 6.08. The third-order valence-electron chi connectivity index (χ3n) is 3.45. The maximum atomic E-state index is 12.5. The minimum Gasteiger partial charge on any atom is -0.491 e. The fraction of sp³-hybridized carbons (Fsp3) is 0.176. The molecule has 0 aliphatic rings. The number of benzene rings is 1. The highest BCUT2D eigenvalue weighted by Crippen LogP contribution is 2.22. The number of halogens is 1. The molecule has 3 aromatic rings. The van der Waals surface area contributed by atoms with Gasteiger partial charge < -0.3 is 15.4 Å². The average Bonchev–Trinajstić information content (AvgIpc) is 3.00. The summed E-state index contributed by atoms with van der Waals surface area (Å²) in [6, 6.07) is 10.7. The number of aromatic nitrogens is 2. The zero-order valence-electron chi connectivity index (χ0n) is 13.1. The van der Waals surface area contributed by atoms with Crippen molar-refractivity contribution in [2.45, 2.75) is 0 Å². The molecule has 0 spiro atoms. The molecule has 2 aromatic heterocycles. The van der Waals surface area contributed by atoms with Gasteiger partial charge in [-0.05, 0) is 31.3 Å². The Labute approximate surface area is 144 Å². The lowest BCUT2D eigenvalue weighted by Gasteiger charge is -2.09. The van der Waals surface area contributed by atoms with Crippen molar-refractivity contribution in [1.29, 1.82) is 0 Å². The summed E-state index contributed by atoms with van der Waals surface area (Å²) in [5.74, 6) is 0.380. The predicted octanol–water partition coefficient (Wildman–Crippen LogP) is 2.84. The number of ether oxygens (including phenoxy) is 1.